The Morgan fingerprint density at radius 3 is 1.88 bits per heavy atom. The lowest BCUT2D eigenvalue weighted by molar-refractivity contribution is 0.544. The van der Waals surface area contributed by atoms with E-state index in [-0.39, 0.29) is 0 Å². The van der Waals surface area contributed by atoms with Crippen molar-refractivity contribution in [3.05, 3.63) is 0 Å². The van der Waals surface area contributed by atoms with Gasteiger partial charge in [-0.25, -0.2) is 0 Å². The van der Waals surface area contributed by atoms with Gasteiger partial charge in [-0.3, -0.25) is 0 Å². The molecule has 0 bridgehead atoms. The van der Waals surface area contributed by atoms with Gasteiger partial charge in [-0.15, -0.1) is 0 Å². The molecule has 1 nitrogen and oxygen atoms in total. The summed E-state index contributed by atoms with van der Waals surface area (Å²) in [7, 11) is 0. The van der Waals surface area contributed by atoms with Crippen LogP contribution < -0.4 is 5.73 Å². The number of hydrogen-bond donors (Lipinski definition) is 1. The maximum atomic E-state index is 5.75. The van der Waals surface area contributed by atoms with Crippen LogP contribution in [0.2, 0.25) is 0 Å². The summed E-state index contributed by atoms with van der Waals surface area (Å²) >= 11 is 0. The van der Waals surface area contributed by atoms with Crippen molar-refractivity contribution < 1.29 is 0 Å². The molecule has 1 fully saturated rings. The molecule has 0 amide bonds. The molecule has 8 heavy (non-hydrogen) atoms. The fourth-order valence-electron chi connectivity index (χ4n) is 1.57. The minimum atomic E-state index is 0.453. The minimum Gasteiger partial charge on any atom is -0.327 e. The minimum absolute atomic E-state index is 0.453. The quantitative estimate of drug-likeness (QED) is 0.546. The Bertz CT molecular complexity index is 96.6. The standard InChI is InChI=1S/C7H15N/c1-4-5-6(8)7(5,2)3/h5-6H,4,8H2,1-3H3. The average molecular weight is 113 g/mol. The molecule has 48 valence electrons. The van der Waals surface area contributed by atoms with E-state index >= 15 is 0 Å². The van der Waals surface area contributed by atoms with Crippen molar-refractivity contribution in [2.75, 3.05) is 0 Å². The van der Waals surface area contributed by atoms with Gasteiger partial charge in [0.15, 0.2) is 0 Å². The molecule has 0 aromatic heterocycles. The van der Waals surface area contributed by atoms with Crippen molar-refractivity contribution in [3.63, 3.8) is 0 Å². The topological polar surface area (TPSA) is 26.0 Å². The van der Waals surface area contributed by atoms with Crippen LogP contribution in [0.3, 0.4) is 0 Å². The normalized spacial score (nSPS) is 42.0. The predicted octanol–water partition coefficient (Wildman–Crippen LogP) is 1.38. The lowest BCUT2D eigenvalue weighted by Gasteiger charge is -1.95. The smallest absolute Gasteiger partial charge is 0.0128 e. The molecule has 1 saturated carbocycles. The summed E-state index contributed by atoms with van der Waals surface area (Å²) in [6.07, 6.45) is 1.24. The van der Waals surface area contributed by atoms with Crippen LogP contribution in [0.25, 0.3) is 0 Å². The van der Waals surface area contributed by atoms with Crippen LogP contribution in [0.15, 0.2) is 0 Å². The van der Waals surface area contributed by atoms with Gasteiger partial charge in [0.1, 0.15) is 0 Å². The van der Waals surface area contributed by atoms with E-state index in [4.69, 9.17) is 5.73 Å². The van der Waals surface area contributed by atoms with Crippen molar-refractivity contribution in [1.82, 2.24) is 0 Å². The number of rotatable bonds is 1. The molecular weight excluding hydrogens is 98.1 g/mol. The first-order chi connectivity index (χ1) is 3.60. The molecule has 0 radical (unpaired) electrons. The van der Waals surface area contributed by atoms with Gasteiger partial charge in [0.05, 0.1) is 0 Å². The molecule has 1 rings (SSSR count). The zero-order valence-corrected chi connectivity index (χ0v) is 5.94. The summed E-state index contributed by atoms with van der Waals surface area (Å²) in [5, 5.41) is 0. The lowest BCUT2D eigenvalue weighted by Crippen LogP contribution is -2.06. The monoisotopic (exact) mass is 113 g/mol. The van der Waals surface area contributed by atoms with E-state index in [2.05, 4.69) is 20.8 Å². The zero-order valence-electron chi connectivity index (χ0n) is 5.94. The summed E-state index contributed by atoms with van der Waals surface area (Å²) in [5.41, 5.74) is 6.21. The third-order valence-corrected chi connectivity index (χ3v) is 2.58. The van der Waals surface area contributed by atoms with Gasteiger partial charge in [0.2, 0.25) is 0 Å². The van der Waals surface area contributed by atoms with Crippen molar-refractivity contribution in [3.8, 4) is 0 Å². The first kappa shape index (κ1) is 6.09. The van der Waals surface area contributed by atoms with Crippen molar-refractivity contribution in [2.45, 2.75) is 33.2 Å². The molecular formula is C7H15N. The first-order valence-electron chi connectivity index (χ1n) is 3.36. The molecule has 0 aliphatic heterocycles. The van der Waals surface area contributed by atoms with Crippen LogP contribution >= 0.6 is 0 Å². The Hall–Kier alpha value is -0.0400. The van der Waals surface area contributed by atoms with Gasteiger partial charge in [-0.2, -0.15) is 0 Å². The van der Waals surface area contributed by atoms with Gasteiger partial charge < -0.3 is 5.73 Å². The fourth-order valence-corrected chi connectivity index (χ4v) is 1.57. The Kier molecular flexibility index (Phi) is 1.12. The second kappa shape index (κ2) is 1.47. The number of nitrogens with two attached hydrogens (primary N) is 1. The van der Waals surface area contributed by atoms with Crippen LogP contribution in [0.4, 0.5) is 0 Å². The highest BCUT2D eigenvalue weighted by Gasteiger charge is 2.53. The molecule has 1 heteroatoms. The highest BCUT2D eigenvalue weighted by molar-refractivity contribution is 5.07. The van der Waals surface area contributed by atoms with Crippen LogP contribution in [0.5, 0.6) is 0 Å². The first-order valence-corrected chi connectivity index (χ1v) is 3.36. The maximum absolute atomic E-state index is 5.75. The molecule has 0 heterocycles. The Balaban J connectivity index is 2.45. The third-order valence-electron chi connectivity index (χ3n) is 2.58. The van der Waals surface area contributed by atoms with Crippen LogP contribution in [0.1, 0.15) is 27.2 Å². The van der Waals surface area contributed by atoms with Gasteiger partial charge in [0.25, 0.3) is 0 Å². The Morgan fingerprint density at radius 1 is 1.50 bits per heavy atom. The second-order valence-corrected chi connectivity index (χ2v) is 3.36. The fraction of sp³-hybridized carbons (Fsp3) is 1.00. The summed E-state index contributed by atoms with van der Waals surface area (Å²) in [4.78, 5) is 0. The zero-order chi connectivity index (χ0) is 6.36. The molecule has 1 aliphatic rings. The second-order valence-electron chi connectivity index (χ2n) is 3.36. The molecule has 2 N–H and O–H groups in total. The van der Waals surface area contributed by atoms with Gasteiger partial charge in [0, 0.05) is 6.04 Å². The van der Waals surface area contributed by atoms with Crippen molar-refractivity contribution in [2.24, 2.45) is 17.1 Å². The molecule has 0 aromatic carbocycles. The third kappa shape index (κ3) is 0.576. The summed E-state index contributed by atoms with van der Waals surface area (Å²) in [5.74, 6) is 0.794. The maximum Gasteiger partial charge on any atom is 0.0128 e. The molecule has 0 aromatic rings. The Labute approximate surface area is 51.3 Å². The summed E-state index contributed by atoms with van der Waals surface area (Å²) < 4.78 is 0. The van der Waals surface area contributed by atoms with Crippen molar-refractivity contribution >= 4 is 0 Å². The highest BCUT2D eigenvalue weighted by Crippen LogP contribution is 2.51. The SMILES string of the molecule is CCC1C(N)C1(C)C. The Morgan fingerprint density at radius 2 is 1.88 bits per heavy atom. The summed E-state index contributed by atoms with van der Waals surface area (Å²) in [6.45, 7) is 6.69. The van der Waals surface area contributed by atoms with E-state index < -0.39 is 0 Å². The van der Waals surface area contributed by atoms with Gasteiger partial charge in [-0.05, 0) is 11.3 Å². The van der Waals surface area contributed by atoms with E-state index in [1.165, 1.54) is 6.42 Å². The molecule has 2 unspecified atom stereocenters. The van der Waals surface area contributed by atoms with Crippen LogP contribution in [-0.2, 0) is 0 Å². The molecule has 1 aliphatic carbocycles. The van der Waals surface area contributed by atoms with Crippen LogP contribution in [0, 0.1) is 11.3 Å². The summed E-state index contributed by atoms with van der Waals surface area (Å²) in [6, 6.07) is 0.479. The van der Waals surface area contributed by atoms with E-state index in [1.807, 2.05) is 0 Å². The van der Waals surface area contributed by atoms with E-state index in [9.17, 15) is 0 Å². The average Bonchev–Trinajstić information content (AvgIpc) is 2.09. The van der Waals surface area contributed by atoms with Gasteiger partial charge >= 0.3 is 0 Å². The molecule has 0 spiro atoms. The van der Waals surface area contributed by atoms with E-state index in [0.29, 0.717) is 11.5 Å². The van der Waals surface area contributed by atoms with Crippen LogP contribution in [-0.4, -0.2) is 6.04 Å². The number of hydrogen-bond acceptors (Lipinski definition) is 1. The largest absolute Gasteiger partial charge is 0.327 e. The van der Waals surface area contributed by atoms with Crippen molar-refractivity contribution in [1.29, 1.82) is 0 Å². The molecule has 0 saturated heterocycles. The highest BCUT2D eigenvalue weighted by atomic mass is 14.8. The van der Waals surface area contributed by atoms with E-state index in [0.717, 1.165) is 5.92 Å². The lowest BCUT2D eigenvalue weighted by atomic mass is 10.1. The van der Waals surface area contributed by atoms with E-state index in [1.54, 1.807) is 0 Å². The van der Waals surface area contributed by atoms with Gasteiger partial charge in [-0.1, -0.05) is 27.2 Å². The predicted molar refractivity (Wildman–Crippen MR) is 35.5 cm³/mol. The molecule has 2 atom stereocenters.